The highest BCUT2D eigenvalue weighted by molar-refractivity contribution is 5.70. The summed E-state index contributed by atoms with van der Waals surface area (Å²) in [6.07, 6.45) is -4.56. The first kappa shape index (κ1) is 12.5. The number of alkyl halides is 3. The lowest BCUT2D eigenvalue weighted by Gasteiger charge is -2.14. The largest absolute Gasteiger partial charge is 0.481 e. The van der Waals surface area contributed by atoms with E-state index in [9.17, 15) is 18.0 Å². The van der Waals surface area contributed by atoms with Crippen LogP contribution in [0.15, 0.2) is 24.3 Å². The lowest BCUT2D eigenvalue weighted by molar-refractivity contribution is -0.142. The van der Waals surface area contributed by atoms with E-state index in [0.717, 1.165) is 6.07 Å². The molecule has 0 saturated heterocycles. The molecule has 1 rings (SSSR count). The third-order valence-electron chi connectivity index (χ3n) is 2.27. The topological polar surface area (TPSA) is 37.3 Å². The lowest BCUT2D eigenvalue weighted by atomic mass is 9.97. The van der Waals surface area contributed by atoms with Gasteiger partial charge in [0.2, 0.25) is 0 Å². The predicted molar refractivity (Wildman–Crippen MR) is 51.9 cm³/mol. The van der Waals surface area contributed by atoms with Gasteiger partial charge in [0.25, 0.3) is 0 Å². The summed E-state index contributed by atoms with van der Waals surface area (Å²) < 4.78 is 37.7. The highest BCUT2D eigenvalue weighted by Crippen LogP contribution is 2.32. The van der Waals surface area contributed by atoms with Crippen LogP contribution in [-0.2, 0) is 17.4 Å². The fourth-order valence-corrected chi connectivity index (χ4v) is 1.39. The van der Waals surface area contributed by atoms with Gasteiger partial charge in [-0.3, -0.25) is 4.79 Å². The molecule has 0 radical (unpaired) electrons. The third-order valence-corrected chi connectivity index (χ3v) is 2.27. The Labute approximate surface area is 90.7 Å². The molecule has 0 spiro atoms. The quantitative estimate of drug-likeness (QED) is 0.869. The summed E-state index contributed by atoms with van der Waals surface area (Å²) in [7, 11) is 0. The lowest BCUT2D eigenvalue weighted by Crippen LogP contribution is -2.16. The highest BCUT2D eigenvalue weighted by atomic mass is 19.4. The number of halogens is 3. The number of aliphatic carboxylic acids is 1. The van der Waals surface area contributed by atoms with Crippen molar-refractivity contribution in [2.24, 2.45) is 5.92 Å². The van der Waals surface area contributed by atoms with Gasteiger partial charge in [-0.2, -0.15) is 13.2 Å². The average molecular weight is 232 g/mol. The van der Waals surface area contributed by atoms with Crippen molar-refractivity contribution in [3.8, 4) is 0 Å². The van der Waals surface area contributed by atoms with E-state index in [4.69, 9.17) is 5.11 Å². The second-order valence-corrected chi connectivity index (χ2v) is 3.60. The van der Waals surface area contributed by atoms with Crippen molar-refractivity contribution in [1.82, 2.24) is 0 Å². The zero-order chi connectivity index (χ0) is 12.3. The molecule has 5 heteroatoms. The zero-order valence-electron chi connectivity index (χ0n) is 8.58. The standard InChI is InChI=1S/C11H11F3O2/c1-7(10(15)16)6-8-4-2-3-5-9(8)11(12,13)14/h2-5,7H,6H2,1H3,(H,15,16)/t7-/m0/s1. The number of carbonyl (C=O) groups is 1. The maximum atomic E-state index is 12.6. The van der Waals surface area contributed by atoms with Crippen molar-refractivity contribution in [2.45, 2.75) is 19.5 Å². The zero-order valence-corrected chi connectivity index (χ0v) is 8.58. The van der Waals surface area contributed by atoms with E-state index in [1.807, 2.05) is 0 Å². The highest BCUT2D eigenvalue weighted by Gasteiger charge is 2.33. The summed E-state index contributed by atoms with van der Waals surface area (Å²) in [5.41, 5.74) is -0.743. The van der Waals surface area contributed by atoms with Crippen LogP contribution in [0.1, 0.15) is 18.1 Å². The van der Waals surface area contributed by atoms with Crippen LogP contribution < -0.4 is 0 Å². The molecule has 1 N–H and O–H groups in total. The van der Waals surface area contributed by atoms with E-state index in [2.05, 4.69) is 0 Å². The molecule has 0 unspecified atom stereocenters. The SMILES string of the molecule is C[C@@H](Cc1ccccc1C(F)(F)F)C(=O)O. The minimum Gasteiger partial charge on any atom is -0.481 e. The van der Waals surface area contributed by atoms with Crippen molar-refractivity contribution in [3.05, 3.63) is 35.4 Å². The Balaban J connectivity index is 3.01. The van der Waals surface area contributed by atoms with Crippen molar-refractivity contribution < 1.29 is 23.1 Å². The van der Waals surface area contributed by atoms with Gasteiger partial charge < -0.3 is 5.11 Å². The number of hydrogen-bond donors (Lipinski definition) is 1. The van der Waals surface area contributed by atoms with Crippen molar-refractivity contribution in [3.63, 3.8) is 0 Å². The molecule has 0 heterocycles. The molecule has 1 atom stereocenters. The molecule has 2 nitrogen and oxygen atoms in total. The second-order valence-electron chi connectivity index (χ2n) is 3.60. The van der Waals surface area contributed by atoms with Crippen LogP contribution >= 0.6 is 0 Å². The van der Waals surface area contributed by atoms with Crippen molar-refractivity contribution in [1.29, 1.82) is 0 Å². The monoisotopic (exact) mass is 232 g/mol. The maximum absolute atomic E-state index is 12.6. The van der Waals surface area contributed by atoms with Crippen LogP contribution in [0.4, 0.5) is 13.2 Å². The number of carboxylic acids is 1. The van der Waals surface area contributed by atoms with Gasteiger partial charge in [-0.25, -0.2) is 0 Å². The van der Waals surface area contributed by atoms with Crippen LogP contribution in [0.3, 0.4) is 0 Å². The Morgan fingerprint density at radius 1 is 1.38 bits per heavy atom. The molecule has 0 saturated carbocycles. The summed E-state index contributed by atoms with van der Waals surface area (Å²) >= 11 is 0. The van der Waals surface area contributed by atoms with Crippen LogP contribution in [0, 0.1) is 5.92 Å². The summed E-state index contributed by atoms with van der Waals surface area (Å²) in [5.74, 6) is -1.93. The van der Waals surface area contributed by atoms with Crippen LogP contribution in [-0.4, -0.2) is 11.1 Å². The Morgan fingerprint density at radius 3 is 2.44 bits per heavy atom. The fraction of sp³-hybridized carbons (Fsp3) is 0.364. The molecule has 0 amide bonds. The Kier molecular flexibility index (Phi) is 3.57. The summed E-state index contributed by atoms with van der Waals surface area (Å²) in [6.45, 7) is 1.38. The molecule has 0 aromatic heterocycles. The fourth-order valence-electron chi connectivity index (χ4n) is 1.39. The van der Waals surface area contributed by atoms with E-state index >= 15 is 0 Å². The minimum atomic E-state index is -4.44. The first-order valence-corrected chi connectivity index (χ1v) is 4.70. The number of carboxylic acid groups (broad SMARTS) is 1. The molecule has 1 aromatic carbocycles. The molecular weight excluding hydrogens is 221 g/mol. The molecule has 0 aliphatic heterocycles. The van der Waals surface area contributed by atoms with Gasteiger partial charge in [-0.15, -0.1) is 0 Å². The van der Waals surface area contributed by atoms with Gasteiger partial charge in [0.15, 0.2) is 0 Å². The van der Waals surface area contributed by atoms with Crippen LogP contribution in [0.2, 0.25) is 0 Å². The summed E-state index contributed by atoms with van der Waals surface area (Å²) in [4.78, 5) is 10.6. The summed E-state index contributed by atoms with van der Waals surface area (Å²) in [5, 5.41) is 8.66. The van der Waals surface area contributed by atoms with E-state index in [0.29, 0.717) is 0 Å². The Morgan fingerprint density at radius 2 is 1.94 bits per heavy atom. The van der Waals surface area contributed by atoms with E-state index in [1.54, 1.807) is 0 Å². The predicted octanol–water partition coefficient (Wildman–Crippen LogP) is 2.97. The van der Waals surface area contributed by atoms with Gasteiger partial charge in [-0.05, 0) is 18.1 Å². The van der Waals surface area contributed by atoms with E-state index < -0.39 is 23.6 Å². The molecular formula is C11H11F3O2. The average Bonchev–Trinajstić information content (AvgIpc) is 2.16. The molecule has 0 fully saturated rings. The first-order chi connectivity index (χ1) is 7.32. The second kappa shape index (κ2) is 4.55. The molecule has 0 bridgehead atoms. The summed E-state index contributed by atoms with van der Waals surface area (Å²) in [6, 6.07) is 5.03. The molecule has 1 aromatic rings. The van der Waals surface area contributed by atoms with Crippen LogP contribution in [0.25, 0.3) is 0 Å². The number of hydrogen-bond acceptors (Lipinski definition) is 1. The molecule has 88 valence electrons. The van der Waals surface area contributed by atoms with Crippen LogP contribution in [0.5, 0.6) is 0 Å². The smallest absolute Gasteiger partial charge is 0.416 e. The Hall–Kier alpha value is -1.52. The van der Waals surface area contributed by atoms with Crippen molar-refractivity contribution in [2.75, 3.05) is 0 Å². The van der Waals surface area contributed by atoms with E-state index in [1.165, 1.54) is 25.1 Å². The van der Waals surface area contributed by atoms with Gasteiger partial charge in [0.05, 0.1) is 11.5 Å². The molecule has 0 aliphatic carbocycles. The maximum Gasteiger partial charge on any atom is 0.416 e. The molecule has 16 heavy (non-hydrogen) atoms. The Bertz CT molecular complexity index is 385. The van der Waals surface area contributed by atoms with Gasteiger partial charge in [0.1, 0.15) is 0 Å². The van der Waals surface area contributed by atoms with Gasteiger partial charge in [-0.1, -0.05) is 25.1 Å². The minimum absolute atomic E-state index is 0.0184. The van der Waals surface area contributed by atoms with E-state index in [-0.39, 0.29) is 12.0 Å². The third kappa shape index (κ3) is 2.98. The normalized spacial score (nSPS) is 13.5. The van der Waals surface area contributed by atoms with Crippen molar-refractivity contribution >= 4 is 5.97 Å². The van der Waals surface area contributed by atoms with Gasteiger partial charge in [0, 0.05) is 0 Å². The number of benzene rings is 1. The molecule has 0 aliphatic rings. The number of rotatable bonds is 3. The van der Waals surface area contributed by atoms with Gasteiger partial charge >= 0.3 is 12.1 Å². The first-order valence-electron chi connectivity index (χ1n) is 4.70.